The van der Waals surface area contributed by atoms with Crippen LogP contribution < -0.4 is 10.6 Å². The standard InChI is InChI=1S/C17H13Cl2N3O2/c18-11-5-6-16(14(7-11)13-3-1-2-4-15(13)19)22-17(23)20-8-12-9-24-10-21-12/h1-7,9-10H,8H2,(H2,20,22,23). The average molecular weight is 362 g/mol. The van der Waals surface area contributed by atoms with E-state index in [0.717, 1.165) is 11.1 Å². The van der Waals surface area contributed by atoms with Crippen molar-refractivity contribution in [1.29, 1.82) is 0 Å². The molecule has 5 nitrogen and oxygen atoms in total. The Morgan fingerprint density at radius 1 is 1.12 bits per heavy atom. The molecule has 0 saturated carbocycles. The van der Waals surface area contributed by atoms with Gasteiger partial charge in [0.25, 0.3) is 0 Å². The van der Waals surface area contributed by atoms with E-state index in [-0.39, 0.29) is 12.6 Å². The maximum atomic E-state index is 12.1. The number of nitrogens with one attached hydrogen (secondary N) is 2. The van der Waals surface area contributed by atoms with Gasteiger partial charge in [-0.3, -0.25) is 0 Å². The van der Waals surface area contributed by atoms with Gasteiger partial charge in [0, 0.05) is 21.2 Å². The van der Waals surface area contributed by atoms with Crippen molar-refractivity contribution < 1.29 is 9.21 Å². The van der Waals surface area contributed by atoms with Crippen molar-refractivity contribution in [3.05, 3.63) is 70.9 Å². The minimum atomic E-state index is -0.367. The molecule has 0 aliphatic rings. The topological polar surface area (TPSA) is 67.2 Å². The molecule has 1 aromatic heterocycles. The van der Waals surface area contributed by atoms with Crippen LogP contribution in [-0.4, -0.2) is 11.0 Å². The van der Waals surface area contributed by atoms with Gasteiger partial charge in [-0.1, -0.05) is 41.4 Å². The van der Waals surface area contributed by atoms with E-state index in [9.17, 15) is 4.79 Å². The molecule has 2 amide bonds. The van der Waals surface area contributed by atoms with Crippen molar-refractivity contribution in [2.75, 3.05) is 5.32 Å². The lowest BCUT2D eigenvalue weighted by Crippen LogP contribution is -2.28. The van der Waals surface area contributed by atoms with Gasteiger partial charge in [0.15, 0.2) is 6.39 Å². The molecule has 0 unspecified atom stereocenters. The predicted molar refractivity (Wildman–Crippen MR) is 94.3 cm³/mol. The van der Waals surface area contributed by atoms with Crippen molar-refractivity contribution >= 4 is 34.9 Å². The zero-order chi connectivity index (χ0) is 16.9. The van der Waals surface area contributed by atoms with Crippen LogP contribution in [0.5, 0.6) is 0 Å². The second-order valence-electron chi connectivity index (χ2n) is 4.96. The summed E-state index contributed by atoms with van der Waals surface area (Å²) in [6, 6.07) is 12.2. The van der Waals surface area contributed by atoms with Gasteiger partial charge in [-0.2, -0.15) is 0 Å². The number of aromatic nitrogens is 1. The van der Waals surface area contributed by atoms with E-state index in [2.05, 4.69) is 15.6 Å². The van der Waals surface area contributed by atoms with Crippen molar-refractivity contribution in [1.82, 2.24) is 10.3 Å². The normalized spacial score (nSPS) is 10.4. The Bertz CT molecular complexity index is 851. The summed E-state index contributed by atoms with van der Waals surface area (Å²) < 4.78 is 4.86. The van der Waals surface area contributed by atoms with E-state index in [1.54, 1.807) is 24.3 Å². The summed E-state index contributed by atoms with van der Waals surface area (Å²) in [5, 5.41) is 6.63. The van der Waals surface area contributed by atoms with Crippen molar-refractivity contribution in [3.63, 3.8) is 0 Å². The van der Waals surface area contributed by atoms with Crippen LogP contribution in [0.3, 0.4) is 0 Å². The number of benzene rings is 2. The number of oxazole rings is 1. The molecule has 2 N–H and O–H groups in total. The van der Waals surface area contributed by atoms with Crippen molar-refractivity contribution in [2.45, 2.75) is 6.54 Å². The minimum absolute atomic E-state index is 0.261. The predicted octanol–water partition coefficient (Wildman–Crippen LogP) is 4.97. The van der Waals surface area contributed by atoms with Crippen LogP contribution in [0.2, 0.25) is 10.0 Å². The van der Waals surface area contributed by atoms with Crippen molar-refractivity contribution in [2.24, 2.45) is 0 Å². The van der Waals surface area contributed by atoms with E-state index in [1.807, 2.05) is 18.2 Å². The van der Waals surface area contributed by atoms with Crippen LogP contribution in [0.15, 0.2) is 59.5 Å². The molecule has 0 bridgehead atoms. The number of hydrogen-bond acceptors (Lipinski definition) is 3. The van der Waals surface area contributed by atoms with Gasteiger partial charge in [0.05, 0.1) is 17.9 Å². The first-order valence-corrected chi connectivity index (χ1v) is 7.85. The molecule has 0 aliphatic carbocycles. The monoisotopic (exact) mass is 361 g/mol. The maximum absolute atomic E-state index is 12.1. The molecule has 1 heterocycles. The van der Waals surface area contributed by atoms with E-state index < -0.39 is 0 Å². The van der Waals surface area contributed by atoms with E-state index in [0.29, 0.717) is 21.4 Å². The molecular weight excluding hydrogens is 349 g/mol. The highest BCUT2D eigenvalue weighted by Gasteiger charge is 2.12. The van der Waals surface area contributed by atoms with E-state index in [4.69, 9.17) is 27.6 Å². The lowest BCUT2D eigenvalue weighted by atomic mass is 10.0. The first kappa shape index (κ1) is 16.4. The first-order chi connectivity index (χ1) is 11.6. The Morgan fingerprint density at radius 2 is 1.96 bits per heavy atom. The Hall–Kier alpha value is -2.50. The number of amides is 2. The van der Waals surface area contributed by atoms with Gasteiger partial charge in [-0.15, -0.1) is 0 Å². The second kappa shape index (κ2) is 7.38. The van der Waals surface area contributed by atoms with Gasteiger partial charge in [0.1, 0.15) is 6.26 Å². The highest BCUT2D eigenvalue weighted by molar-refractivity contribution is 6.34. The molecule has 0 radical (unpaired) electrons. The van der Waals surface area contributed by atoms with Gasteiger partial charge in [0.2, 0.25) is 0 Å². The Morgan fingerprint density at radius 3 is 2.71 bits per heavy atom. The fourth-order valence-electron chi connectivity index (χ4n) is 2.19. The number of nitrogens with zero attached hydrogens (tertiary/aromatic N) is 1. The first-order valence-electron chi connectivity index (χ1n) is 7.10. The summed E-state index contributed by atoms with van der Waals surface area (Å²) in [5.74, 6) is 0. The highest BCUT2D eigenvalue weighted by atomic mass is 35.5. The fourth-order valence-corrected chi connectivity index (χ4v) is 2.60. The molecule has 0 aliphatic heterocycles. The third kappa shape index (κ3) is 3.88. The number of hydrogen-bond donors (Lipinski definition) is 2. The number of halogens is 2. The number of carbonyl (C=O) groups excluding carboxylic acids is 1. The quantitative estimate of drug-likeness (QED) is 0.689. The molecule has 0 atom stereocenters. The molecule has 122 valence electrons. The Balaban J connectivity index is 1.80. The van der Waals surface area contributed by atoms with Crippen LogP contribution in [0.4, 0.5) is 10.5 Å². The largest absolute Gasteiger partial charge is 0.451 e. The SMILES string of the molecule is O=C(NCc1cocn1)Nc1ccc(Cl)cc1-c1ccccc1Cl. The van der Waals surface area contributed by atoms with E-state index >= 15 is 0 Å². The molecule has 0 fully saturated rings. The molecule has 3 aromatic rings. The second-order valence-corrected chi connectivity index (χ2v) is 5.80. The summed E-state index contributed by atoms with van der Waals surface area (Å²) in [5.41, 5.74) is 2.76. The lowest BCUT2D eigenvalue weighted by Gasteiger charge is -2.13. The number of urea groups is 1. The maximum Gasteiger partial charge on any atom is 0.319 e. The van der Waals surface area contributed by atoms with Crippen molar-refractivity contribution in [3.8, 4) is 11.1 Å². The highest BCUT2D eigenvalue weighted by Crippen LogP contribution is 2.35. The molecule has 0 saturated heterocycles. The van der Waals surface area contributed by atoms with Crippen LogP contribution in [-0.2, 0) is 6.54 Å². The van der Waals surface area contributed by atoms with Gasteiger partial charge < -0.3 is 15.1 Å². The van der Waals surface area contributed by atoms with Gasteiger partial charge in [-0.25, -0.2) is 9.78 Å². The number of anilines is 1. The molecule has 3 rings (SSSR count). The van der Waals surface area contributed by atoms with E-state index in [1.165, 1.54) is 12.7 Å². The van der Waals surface area contributed by atoms with Gasteiger partial charge >= 0.3 is 6.03 Å². The third-order valence-corrected chi connectivity index (χ3v) is 3.87. The number of rotatable bonds is 4. The minimum Gasteiger partial charge on any atom is -0.451 e. The molecule has 7 heteroatoms. The zero-order valence-electron chi connectivity index (χ0n) is 12.4. The molecule has 0 spiro atoms. The zero-order valence-corrected chi connectivity index (χ0v) is 13.9. The Kier molecular flexibility index (Phi) is 5.03. The fraction of sp³-hybridized carbons (Fsp3) is 0.0588. The summed E-state index contributed by atoms with van der Waals surface area (Å²) in [6.45, 7) is 0.261. The lowest BCUT2D eigenvalue weighted by molar-refractivity contribution is 0.251. The molecule has 2 aromatic carbocycles. The summed E-state index contributed by atoms with van der Waals surface area (Å²) in [4.78, 5) is 16.1. The number of carbonyl (C=O) groups is 1. The van der Waals surface area contributed by atoms with Crippen LogP contribution >= 0.6 is 23.2 Å². The smallest absolute Gasteiger partial charge is 0.319 e. The van der Waals surface area contributed by atoms with Crippen LogP contribution in [0.1, 0.15) is 5.69 Å². The molecular formula is C17H13Cl2N3O2. The summed E-state index contributed by atoms with van der Waals surface area (Å²) in [7, 11) is 0. The summed E-state index contributed by atoms with van der Waals surface area (Å²) >= 11 is 12.4. The molecule has 24 heavy (non-hydrogen) atoms. The van der Waals surface area contributed by atoms with Gasteiger partial charge in [-0.05, 0) is 24.3 Å². The Labute approximate surface area is 148 Å². The average Bonchev–Trinajstić information content (AvgIpc) is 3.09. The third-order valence-electron chi connectivity index (χ3n) is 3.31. The van der Waals surface area contributed by atoms with Crippen LogP contribution in [0, 0.1) is 0 Å². The summed E-state index contributed by atoms with van der Waals surface area (Å²) in [6.07, 6.45) is 2.78. The van der Waals surface area contributed by atoms with Crippen LogP contribution in [0.25, 0.3) is 11.1 Å².